The van der Waals surface area contributed by atoms with Crippen molar-refractivity contribution in [2.45, 2.75) is 19.2 Å². The van der Waals surface area contributed by atoms with Crippen LogP contribution >= 0.6 is 39.9 Å². The Balaban J connectivity index is 0.00000324. The van der Waals surface area contributed by atoms with Crippen molar-refractivity contribution in [2.24, 2.45) is 0 Å². The monoisotopic (exact) mass is 569 g/mol. The number of methoxy groups -OCH3 is 1. The normalized spacial score (nSPS) is 13.1. The first-order valence-electron chi connectivity index (χ1n) is 10.6. The van der Waals surface area contributed by atoms with Gasteiger partial charge in [0, 0.05) is 18.1 Å². The minimum atomic E-state index is -0.839. The summed E-state index contributed by atoms with van der Waals surface area (Å²) in [6.45, 7) is 2.35. The molecule has 34 heavy (non-hydrogen) atoms. The van der Waals surface area contributed by atoms with Gasteiger partial charge in [-0.2, -0.15) is 0 Å². The molecular weight excluding hydrogens is 545 g/mol. The number of ether oxygens (including phenoxy) is 4. The third-order valence-corrected chi connectivity index (χ3v) is 6.19. The Hall–Kier alpha value is -2.16. The lowest BCUT2D eigenvalue weighted by Crippen LogP contribution is -2.16. The first kappa shape index (κ1) is 26.4. The van der Waals surface area contributed by atoms with Gasteiger partial charge in [-0.25, -0.2) is 0 Å². The van der Waals surface area contributed by atoms with Gasteiger partial charge in [0.1, 0.15) is 25.9 Å². The molecule has 9 heteroatoms. The molecule has 0 aromatic heterocycles. The largest absolute Gasteiger partial charge is 0.493 e. The van der Waals surface area contributed by atoms with Gasteiger partial charge < -0.3 is 29.4 Å². The molecule has 4 rings (SSSR count). The number of halogens is 3. The van der Waals surface area contributed by atoms with Crippen molar-refractivity contribution in [1.82, 2.24) is 5.32 Å². The van der Waals surface area contributed by atoms with Gasteiger partial charge in [0.15, 0.2) is 23.0 Å². The van der Waals surface area contributed by atoms with E-state index < -0.39 is 6.10 Å². The van der Waals surface area contributed by atoms with Crippen LogP contribution in [0.4, 0.5) is 0 Å². The zero-order valence-corrected chi connectivity index (χ0v) is 21.7. The fourth-order valence-electron chi connectivity index (χ4n) is 3.52. The summed E-state index contributed by atoms with van der Waals surface area (Å²) in [5.74, 6) is 2.42. The minimum Gasteiger partial charge on any atom is -0.493 e. The summed E-state index contributed by atoms with van der Waals surface area (Å²) < 4.78 is 23.3. The van der Waals surface area contributed by atoms with E-state index >= 15 is 0 Å². The quantitative estimate of drug-likeness (QED) is 0.343. The maximum atomic E-state index is 10.6. The van der Waals surface area contributed by atoms with E-state index in [2.05, 4.69) is 21.2 Å². The molecule has 6 nitrogen and oxygen atoms in total. The summed E-state index contributed by atoms with van der Waals surface area (Å²) in [7, 11) is 1.59. The summed E-state index contributed by atoms with van der Waals surface area (Å²) in [4.78, 5) is 0. The number of hydrogen-bond donors (Lipinski definition) is 2. The van der Waals surface area contributed by atoms with Crippen LogP contribution in [0, 0.1) is 0 Å². The van der Waals surface area contributed by atoms with Gasteiger partial charge in [0.2, 0.25) is 0 Å². The van der Waals surface area contributed by atoms with Gasteiger partial charge in [0.25, 0.3) is 0 Å². The van der Waals surface area contributed by atoms with Crippen LogP contribution in [0.1, 0.15) is 22.8 Å². The van der Waals surface area contributed by atoms with Crippen molar-refractivity contribution in [3.63, 3.8) is 0 Å². The molecule has 3 aromatic rings. The summed E-state index contributed by atoms with van der Waals surface area (Å²) in [5, 5.41) is 14.8. The van der Waals surface area contributed by atoms with Gasteiger partial charge in [0.05, 0.1) is 11.6 Å². The van der Waals surface area contributed by atoms with Crippen LogP contribution in [0.3, 0.4) is 0 Å². The fraction of sp³-hybridized carbons (Fsp3) is 0.280. The molecule has 0 spiro atoms. The van der Waals surface area contributed by atoms with Gasteiger partial charge in [-0.3, -0.25) is 0 Å². The molecule has 0 bridgehead atoms. The molecule has 0 amide bonds. The summed E-state index contributed by atoms with van der Waals surface area (Å²) >= 11 is 9.79. The number of aliphatic hydroxyl groups excluding tert-OH is 1. The number of aliphatic hydroxyl groups is 1. The molecule has 0 aliphatic carbocycles. The maximum absolute atomic E-state index is 10.6. The van der Waals surface area contributed by atoms with Crippen molar-refractivity contribution >= 4 is 39.9 Å². The number of rotatable bonds is 9. The standard InChI is InChI=1S/C25H25BrClNO5.ClH/c1-30-24-11-16(13-28-14-18-4-2-3-5-20(18)27)10-19(26)25(24)33-15-21(29)17-6-7-22-23(12-17)32-9-8-31-22;/h2-7,10-12,21,28-29H,8-9,13-15H2,1H3;1H. The third-order valence-electron chi connectivity index (χ3n) is 5.23. The molecule has 1 aliphatic heterocycles. The fourth-order valence-corrected chi connectivity index (χ4v) is 4.33. The zero-order valence-electron chi connectivity index (χ0n) is 18.6. The second-order valence-corrected chi connectivity index (χ2v) is 8.80. The number of benzene rings is 3. The predicted octanol–water partition coefficient (Wildman–Crippen LogP) is 5.71. The lowest BCUT2D eigenvalue weighted by Gasteiger charge is -2.21. The highest BCUT2D eigenvalue weighted by molar-refractivity contribution is 9.10. The average molecular weight is 571 g/mol. The molecule has 0 radical (unpaired) electrons. The Bertz CT molecular complexity index is 1110. The van der Waals surface area contributed by atoms with Gasteiger partial charge >= 0.3 is 0 Å². The van der Waals surface area contributed by atoms with Crippen LogP contribution in [-0.2, 0) is 13.1 Å². The van der Waals surface area contributed by atoms with Crippen molar-refractivity contribution in [1.29, 1.82) is 0 Å². The summed E-state index contributed by atoms with van der Waals surface area (Å²) in [6.07, 6.45) is -0.839. The van der Waals surface area contributed by atoms with Crippen LogP contribution in [-0.4, -0.2) is 32.0 Å². The van der Waals surface area contributed by atoms with Crippen LogP contribution < -0.4 is 24.3 Å². The van der Waals surface area contributed by atoms with E-state index in [-0.39, 0.29) is 19.0 Å². The Morgan fingerprint density at radius 3 is 2.59 bits per heavy atom. The summed E-state index contributed by atoms with van der Waals surface area (Å²) in [6, 6.07) is 17.0. The molecule has 3 aromatic carbocycles. The topological polar surface area (TPSA) is 69.2 Å². The molecule has 1 unspecified atom stereocenters. The maximum Gasteiger partial charge on any atom is 0.175 e. The van der Waals surface area contributed by atoms with E-state index in [4.69, 9.17) is 30.5 Å². The van der Waals surface area contributed by atoms with E-state index in [9.17, 15) is 5.11 Å². The van der Waals surface area contributed by atoms with E-state index in [1.807, 2.05) is 42.5 Å². The minimum absolute atomic E-state index is 0. The third kappa shape index (κ3) is 6.49. The van der Waals surface area contributed by atoms with Gasteiger partial charge in [-0.05, 0) is 63.0 Å². The highest BCUT2D eigenvalue weighted by Crippen LogP contribution is 2.38. The first-order valence-corrected chi connectivity index (χ1v) is 11.7. The van der Waals surface area contributed by atoms with Crippen LogP contribution in [0.5, 0.6) is 23.0 Å². The van der Waals surface area contributed by atoms with Crippen molar-refractivity contribution < 1.29 is 24.1 Å². The Morgan fingerprint density at radius 2 is 1.82 bits per heavy atom. The number of nitrogens with one attached hydrogen (secondary N) is 1. The molecule has 1 atom stereocenters. The Kier molecular flexibility index (Phi) is 9.74. The van der Waals surface area contributed by atoms with Crippen molar-refractivity contribution in [3.05, 3.63) is 80.8 Å². The lowest BCUT2D eigenvalue weighted by atomic mass is 10.1. The molecule has 0 saturated carbocycles. The lowest BCUT2D eigenvalue weighted by molar-refractivity contribution is 0.105. The number of fused-ring (bicyclic) bond motifs is 1. The van der Waals surface area contributed by atoms with E-state index in [0.717, 1.165) is 20.6 Å². The average Bonchev–Trinajstić information content (AvgIpc) is 2.83. The molecule has 1 aliphatic rings. The zero-order chi connectivity index (χ0) is 23.2. The molecule has 182 valence electrons. The second kappa shape index (κ2) is 12.5. The summed E-state index contributed by atoms with van der Waals surface area (Å²) in [5.41, 5.74) is 2.75. The van der Waals surface area contributed by atoms with Crippen LogP contribution in [0.15, 0.2) is 59.1 Å². The van der Waals surface area contributed by atoms with Crippen molar-refractivity contribution in [3.8, 4) is 23.0 Å². The van der Waals surface area contributed by atoms with Gasteiger partial charge in [-0.1, -0.05) is 35.9 Å². The van der Waals surface area contributed by atoms with E-state index in [1.165, 1.54) is 0 Å². The highest BCUT2D eigenvalue weighted by atomic mass is 79.9. The molecule has 2 N–H and O–H groups in total. The second-order valence-electron chi connectivity index (χ2n) is 7.53. The highest BCUT2D eigenvalue weighted by Gasteiger charge is 2.18. The van der Waals surface area contributed by atoms with E-state index in [1.54, 1.807) is 19.2 Å². The Labute approximate surface area is 218 Å². The first-order chi connectivity index (χ1) is 16.0. The van der Waals surface area contributed by atoms with Crippen LogP contribution in [0.2, 0.25) is 5.02 Å². The number of hydrogen-bond acceptors (Lipinski definition) is 6. The predicted molar refractivity (Wildman–Crippen MR) is 138 cm³/mol. The molecular formula is C25H26BrCl2NO5. The molecule has 0 saturated heterocycles. The molecule has 0 fully saturated rings. The van der Waals surface area contributed by atoms with Gasteiger partial charge in [-0.15, -0.1) is 12.4 Å². The Morgan fingerprint density at radius 1 is 1.06 bits per heavy atom. The smallest absolute Gasteiger partial charge is 0.175 e. The molecule has 1 heterocycles. The van der Waals surface area contributed by atoms with Crippen LogP contribution in [0.25, 0.3) is 0 Å². The van der Waals surface area contributed by atoms with Crippen molar-refractivity contribution in [2.75, 3.05) is 26.9 Å². The van der Waals surface area contributed by atoms with E-state index in [0.29, 0.717) is 54.9 Å². The SMILES string of the molecule is COc1cc(CNCc2ccccc2Cl)cc(Br)c1OCC(O)c1ccc2c(c1)OCCO2.Cl.